The molecule has 318 valence electrons. The molecule has 0 bridgehead atoms. The van der Waals surface area contributed by atoms with Crippen LogP contribution in [-0.2, 0) is 31.9 Å². The van der Waals surface area contributed by atoms with Gasteiger partial charge in [-0.15, -0.1) is 29.3 Å². The Morgan fingerprint density at radius 3 is 1.97 bits per heavy atom. The number of phenolic OH excluding ortho intramolecular Hbond substituents is 1. The first-order valence-electron chi connectivity index (χ1n) is 22.3. The van der Waals surface area contributed by atoms with Crippen LogP contribution in [0.2, 0.25) is 0 Å². The van der Waals surface area contributed by atoms with Gasteiger partial charge in [-0.05, 0) is 93.3 Å². The van der Waals surface area contributed by atoms with Gasteiger partial charge in [-0.3, -0.25) is 9.55 Å². The van der Waals surface area contributed by atoms with Crippen LogP contribution in [0.1, 0.15) is 112 Å². The van der Waals surface area contributed by atoms with Crippen LogP contribution in [0.3, 0.4) is 0 Å². The summed E-state index contributed by atoms with van der Waals surface area (Å²) in [5.74, 6) is -0.663. The molecule has 0 unspecified atom stereocenters. The van der Waals surface area contributed by atoms with Gasteiger partial charge in [0.2, 0.25) is 0 Å². The van der Waals surface area contributed by atoms with Crippen molar-refractivity contribution >= 4 is 11.0 Å². The number of phenols is 1. The quantitative estimate of drug-likeness (QED) is 0.154. The summed E-state index contributed by atoms with van der Waals surface area (Å²) in [6.45, 7) is 22.8. The fourth-order valence-electron chi connectivity index (χ4n) is 8.19. The molecule has 6 aromatic carbocycles. The zero-order valence-corrected chi connectivity index (χ0v) is 40.1. The fourth-order valence-corrected chi connectivity index (χ4v) is 8.19. The fraction of sp³-hybridized carbons (Fsp3) is 0.263. The Balaban J connectivity index is 0.00000612. The number of benzene rings is 6. The summed E-state index contributed by atoms with van der Waals surface area (Å²) in [4.78, 5) is 10.5. The molecule has 0 aliphatic heterocycles. The third-order valence-corrected chi connectivity index (χ3v) is 11.7. The summed E-state index contributed by atoms with van der Waals surface area (Å²) < 4.78 is 19.7. The predicted molar refractivity (Wildman–Crippen MR) is 257 cm³/mol. The number of aryl methyl sites for hydroxylation is 1. The molecule has 0 saturated heterocycles. The smallest absolute Gasteiger partial charge is 0.148 e. The Morgan fingerprint density at radius 1 is 0.629 bits per heavy atom. The van der Waals surface area contributed by atoms with E-state index in [0.717, 1.165) is 89.2 Å². The van der Waals surface area contributed by atoms with E-state index in [2.05, 4.69) is 138 Å². The molecule has 4 nitrogen and oxygen atoms in total. The summed E-state index contributed by atoms with van der Waals surface area (Å²) in [7, 11) is 0. The monoisotopic (exact) mass is 997 g/mol. The molecule has 1 N–H and O–H groups in total. The SMILES string of the molecule is [2H]C(C)(C)c1ccc(-c2ccnc(-c3[c-]c(-c4cccc5c4nc(-c4cc(C)cc(C(C)(C)C)c4O)n5-c4ccc(C([2H])(C)C)cc4-c4ccccc4)cc(C(C)(C)C)c3)c2)cc1.[Pt]. The maximum atomic E-state index is 12.3. The van der Waals surface area contributed by atoms with Crippen molar-refractivity contribution in [3.8, 4) is 67.5 Å². The maximum absolute atomic E-state index is 12.3. The molecule has 8 rings (SSSR count). The second-order valence-corrected chi connectivity index (χ2v) is 19.0. The number of hydrogen-bond donors (Lipinski definition) is 1. The minimum atomic E-state index is -0.824. The molecule has 2 aromatic heterocycles. The van der Waals surface area contributed by atoms with Crippen LogP contribution in [0.25, 0.3) is 72.7 Å². The molecule has 62 heavy (non-hydrogen) atoms. The van der Waals surface area contributed by atoms with E-state index in [0.29, 0.717) is 11.4 Å². The Kier molecular flexibility index (Phi) is 11.7. The van der Waals surface area contributed by atoms with Crippen LogP contribution in [0.5, 0.6) is 5.75 Å². The summed E-state index contributed by atoms with van der Waals surface area (Å²) in [5.41, 5.74) is 15.2. The van der Waals surface area contributed by atoms with Gasteiger partial charge in [0.05, 0.1) is 22.3 Å². The number of rotatable bonds is 8. The van der Waals surface area contributed by atoms with Crippen LogP contribution < -0.4 is 0 Å². The van der Waals surface area contributed by atoms with Crippen molar-refractivity contribution in [1.82, 2.24) is 14.5 Å². The summed E-state index contributed by atoms with van der Waals surface area (Å²) in [5, 5.41) is 12.3. The zero-order valence-electron chi connectivity index (χ0n) is 39.8. The molecule has 5 heteroatoms. The van der Waals surface area contributed by atoms with Crippen LogP contribution in [0, 0.1) is 13.0 Å². The first-order valence-corrected chi connectivity index (χ1v) is 21.3. The van der Waals surface area contributed by atoms with Crippen molar-refractivity contribution in [2.24, 2.45) is 0 Å². The first-order chi connectivity index (χ1) is 29.6. The molecule has 2 heterocycles. The van der Waals surface area contributed by atoms with Gasteiger partial charge in [0.1, 0.15) is 11.6 Å². The molecular weight excluding hydrogens is 938 g/mol. The number of fused-ring (bicyclic) bond motifs is 1. The van der Waals surface area contributed by atoms with E-state index < -0.39 is 11.8 Å². The van der Waals surface area contributed by atoms with E-state index in [1.165, 1.54) is 0 Å². The van der Waals surface area contributed by atoms with Gasteiger partial charge < -0.3 is 5.11 Å². The molecule has 0 spiro atoms. The Morgan fingerprint density at radius 2 is 1.31 bits per heavy atom. The van der Waals surface area contributed by atoms with Crippen molar-refractivity contribution in [2.75, 3.05) is 0 Å². The average molecular weight is 998 g/mol. The maximum Gasteiger partial charge on any atom is 0.148 e. The average Bonchev–Trinajstić information content (AvgIpc) is 3.62. The largest absolute Gasteiger partial charge is 0.507 e. The van der Waals surface area contributed by atoms with Crippen molar-refractivity contribution in [3.63, 3.8) is 0 Å². The van der Waals surface area contributed by atoms with E-state index in [1.807, 2.05) is 82.4 Å². The molecule has 0 amide bonds. The van der Waals surface area contributed by atoms with Gasteiger partial charge in [0, 0.05) is 46.8 Å². The van der Waals surface area contributed by atoms with Gasteiger partial charge >= 0.3 is 0 Å². The number of imidazole rings is 1. The Hall–Kier alpha value is -5.57. The minimum absolute atomic E-state index is 0. The topological polar surface area (TPSA) is 50.9 Å². The van der Waals surface area contributed by atoms with Crippen LogP contribution in [0.4, 0.5) is 0 Å². The summed E-state index contributed by atoms with van der Waals surface area (Å²) in [6, 6.07) is 47.6. The first kappa shape index (κ1) is 41.8. The second kappa shape index (κ2) is 17.3. The summed E-state index contributed by atoms with van der Waals surface area (Å²) >= 11 is 0. The Labute approximate surface area is 386 Å². The number of aromatic hydroxyl groups is 1. The van der Waals surface area contributed by atoms with E-state index in [1.54, 1.807) is 0 Å². The molecule has 0 aliphatic carbocycles. The van der Waals surface area contributed by atoms with E-state index in [-0.39, 0.29) is 37.6 Å². The predicted octanol–water partition coefficient (Wildman–Crippen LogP) is 15.4. The van der Waals surface area contributed by atoms with Crippen molar-refractivity contribution in [2.45, 2.75) is 98.8 Å². The van der Waals surface area contributed by atoms with Gasteiger partial charge in [-0.25, -0.2) is 4.98 Å². The third kappa shape index (κ3) is 8.73. The van der Waals surface area contributed by atoms with Crippen molar-refractivity contribution < 1.29 is 28.9 Å². The Bertz CT molecular complexity index is 3000. The van der Waals surface area contributed by atoms with Gasteiger partial charge in [0.25, 0.3) is 0 Å². The molecule has 0 aliphatic rings. The second-order valence-electron chi connectivity index (χ2n) is 19.0. The van der Waals surface area contributed by atoms with Gasteiger partial charge in [-0.2, -0.15) is 0 Å². The zero-order chi connectivity index (χ0) is 45.2. The molecule has 0 atom stereocenters. The molecular formula is C57H58N3OPt-. The third-order valence-electron chi connectivity index (χ3n) is 11.7. The molecule has 8 aromatic rings. The molecule has 0 radical (unpaired) electrons. The number of para-hydroxylation sites is 1. The number of nitrogens with zero attached hydrogens (tertiary/aromatic N) is 3. The molecule has 0 fully saturated rings. The van der Waals surface area contributed by atoms with E-state index in [4.69, 9.17) is 12.7 Å². The van der Waals surface area contributed by atoms with Crippen LogP contribution in [0.15, 0.2) is 134 Å². The van der Waals surface area contributed by atoms with E-state index >= 15 is 0 Å². The normalized spacial score (nSPS) is 12.8. The standard InChI is InChI=1S/C57H58N3O.Pt/c1-35(2)38-20-22-39(23-21-38)42-26-27-58-50(34-42)44-30-43(31-45(32-44)56(6,7)8)46-18-15-19-52-53(46)59-55(48-28-37(5)29-49(54(48)61)57(9,10)11)60(52)51-25-24-41(36(3)4)33-47(51)40-16-13-12-14-17-40;/h12-29,31-36,61H,1-11H3;/q-1;/i35D,36D;. The number of pyridine rings is 1. The minimum Gasteiger partial charge on any atom is -0.507 e. The van der Waals surface area contributed by atoms with Crippen molar-refractivity contribution in [1.29, 1.82) is 0 Å². The van der Waals surface area contributed by atoms with Crippen molar-refractivity contribution in [3.05, 3.63) is 167 Å². The van der Waals surface area contributed by atoms with Gasteiger partial charge in [-0.1, -0.05) is 165 Å². The van der Waals surface area contributed by atoms with E-state index in [9.17, 15) is 5.11 Å². The molecule has 0 saturated carbocycles. The number of aromatic nitrogens is 3. The summed E-state index contributed by atoms with van der Waals surface area (Å²) in [6.07, 6.45) is 1.86. The van der Waals surface area contributed by atoms with Crippen LogP contribution in [-0.4, -0.2) is 19.6 Å². The number of hydrogen-bond acceptors (Lipinski definition) is 3. The van der Waals surface area contributed by atoms with Crippen LogP contribution >= 0.6 is 0 Å². The van der Waals surface area contributed by atoms with Gasteiger partial charge in [0.15, 0.2) is 0 Å².